The van der Waals surface area contributed by atoms with Crippen molar-refractivity contribution in [2.24, 2.45) is 5.73 Å². The van der Waals surface area contributed by atoms with Crippen LogP contribution in [-0.2, 0) is 0 Å². The van der Waals surface area contributed by atoms with Crippen LogP contribution >= 0.6 is 27.7 Å². The van der Waals surface area contributed by atoms with Gasteiger partial charge in [0.05, 0.1) is 0 Å². The third-order valence-electron chi connectivity index (χ3n) is 3.06. The average molecular weight is 315 g/mol. The SMILES string of the molecule is CC(N)c1ccc(N2CCCSCC2)cc1Br. The molecule has 17 heavy (non-hydrogen) atoms. The summed E-state index contributed by atoms with van der Waals surface area (Å²) in [5.41, 5.74) is 8.41. The smallest absolute Gasteiger partial charge is 0.0378 e. The number of hydrogen-bond acceptors (Lipinski definition) is 3. The molecule has 1 atom stereocenters. The van der Waals surface area contributed by atoms with E-state index in [-0.39, 0.29) is 6.04 Å². The van der Waals surface area contributed by atoms with E-state index in [2.05, 4.69) is 50.8 Å². The normalized spacial score (nSPS) is 18.9. The first-order chi connectivity index (χ1) is 8.18. The van der Waals surface area contributed by atoms with Crippen molar-refractivity contribution in [3.63, 3.8) is 0 Å². The first-order valence-corrected chi connectivity index (χ1v) is 8.01. The Bertz CT molecular complexity index is 374. The molecule has 0 bridgehead atoms. The Morgan fingerprint density at radius 1 is 1.35 bits per heavy atom. The molecule has 0 aliphatic carbocycles. The van der Waals surface area contributed by atoms with Crippen LogP contribution in [-0.4, -0.2) is 24.6 Å². The van der Waals surface area contributed by atoms with Crippen molar-refractivity contribution < 1.29 is 0 Å². The summed E-state index contributed by atoms with van der Waals surface area (Å²) in [6, 6.07) is 6.62. The van der Waals surface area contributed by atoms with Crippen molar-refractivity contribution in [3.8, 4) is 0 Å². The number of nitrogens with zero attached hydrogens (tertiary/aromatic N) is 1. The lowest BCUT2D eigenvalue weighted by Gasteiger charge is -2.23. The number of rotatable bonds is 2. The molecule has 0 saturated carbocycles. The van der Waals surface area contributed by atoms with E-state index in [4.69, 9.17) is 5.73 Å². The Morgan fingerprint density at radius 3 is 2.88 bits per heavy atom. The Balaban J connectivity index is 2.18. The zero-order valence-electron chi connectivity index (χ0n) is 10.2. The standard InChI is InChI=1S/C13H19BrN2S/c1-10(15)12-4-3-11(9-13(12)14)16-5-2-7-17-8-6-16/h3-4,9-10H,2,5-8,15H2,1H3. The fourth-order valence-electron chi connectivity index (χ4n) is 2.09. The molecule has 1 fully saturated rings. The summed E-state index contributed by atoms with van der Waals surface area (Å²) >= 11 is 5.67. The highest BCUT2D eigenvalue weighted by atomic mass is 79.9. The van der Waals surface area contributed by atoms with Crippen molar-refractivity contribution >= 4 is 33.4 Å². The molecule has 0 radical (unpaired) electrons. The Kier molecular flexibility index (Phi) is 4.77. The lowest BCUT2D eigenvalue weighted by molar-refractivity contribution is 0.801. The van der Waals surface area contributed by atoms with E-state index in [1.165, 1.54) is 29.2 Å². The zero-order valence-corrected chi connectivity index (χ0v) is 12.6. The number of anilines is 1. The monoisotopic (exact) mass is 314 g/mol. The van der Waals surface area contributed by atoms with Crippen LogP contribution in [0, 0.1) is 0 Å². The van der Waals surface area contributed by atoms with Crippen molar-refractivity contribution in [2.75, 3.05) is 29.5 Å². The number of halogens is 1. The predicted molar refractivity (Wildman–Crippen MR) is 80.9 cm³/mol. The van der Waals surface area contributed by atoms with E-state index in [1.54, 1.807) is 0 Å². The quantitative estimate of drug-likeness (QED) is 0.907. The molecule has 1 aliphatic heterocycles. The molecule has 1 saturated heterocycles. The lowest BCUT2D eigenvalue weighted by atomic mass is 10.1. The van der Waals surface area contributed by atoms with Crippen LogP contribution in [0.2, 0.25) is 0 Å². The van der Waals surface area contributed by atoms with Crippen LogP contribution < -0.4 is 10.6 Å². The molecule has 2 nitrogen and oxygen atoms in total. The highest BCUT2D eigenvalue weighted by Crippen LogP contribution is 2.28. The molecule has 4 heteroatoms. The minimum absolute atomic E-state index is 0.0816. The van der Waals surface area contributed by atoms with Gasteiger partial charge in [-0.05, 0) is 36.8 Å². The first-order valence-electron chi connectivity index (χ1n) is 6.06. The second kappa shape index (κ2) is 6.12. The predicted octanol–water partition coefficient (Wildman–Crippen LogP) is 3.41. The maximum absolute atomic E-state index is 5.92. The van der Waals surface area contributed by atoms with Gasteiger partial charge < -0.3 is 10.6 Å². The van der Waals surface area contributed by atoms with Crippen LogP contribution in [0.5, 0.6) is 0 Å². The summed E-state index contributed by atoms with van der Waals surface area (Å²) in [4.78, 5) is 2.47. The Labute approximate surface area is 116 Å². The van der Waals surface area contributed by atoms with Crippen LogP contribution in [0.25, 0.3) is 0 Å². The van der Waals surface area contributed by atoms with E-state index >= 15 is 0 Å². The zero-order chi connectivity index (χ0) is 12.3. The molecule has 2 rings (SSSR count). The molecule has 1 aromatic carbocycles. The molecule has 94 valence electrons. The number of nitrogens with two attached hydrogens (primary N) is 1. The molecule has 1 aromatic rings. The molecule has 0 amide bonds. The molecule has 0 spiro atoms. The molecule has 0 aromatic heterocycles. The third-order valence-corrected chi connectivity index (χ3v) is 4.80. The summed E-state index contributed by atoms with van der Waals surface area (Å²) in [5, 5.41) is 0. The van der Waals surface area contributed by atoms with Gasteiger partial charge in [-0.25, -0.2) is 0 Å². The molecular weight excluding hydrogens is 296 g/mol. The maximum Gasteiger partial charge on any atom is 0.0378 e. The van der Waals surface area contributed by atoms with E-state index in [1.807, 2.05) is 6.92 Å². The summed E-state index contributed by atoms with van der Waals surface area (Å²) in [6.07, 6.45) is 1.28. The highest BCUT2D eigenvalue weighted by Gasteiger charge is 2.12. The van der Waals surface area contributed by atoms with E-state index in [0.29, 0.717) is 0 Å². The summed E-state index contributed by atoms with van der Waals surface area (Å²) in [7, 11) is 0. The minimum Gasteiger partial charge on any atom is -0.371 e. The van der Waals surface area contributed by atoms with Crippen molar-refractivity contribution in [1.82, 2.24) is 0 Å². The molecule has 1 unspecified atom stereocenters. The van der Waals surface area contributed by atoms with Crippen LogP contribution in [0.1, 0.15) is 24.9 Å². The fraction of sp³-hybridized carbons (Fsp3) is 0.538. The number of hydrogen-bond donors (Lipinski definition) is 1. The lowest BCUT2D eigenvalue weighted by Crippen LogP contribution is -2.25. The maximum atomic E-state index is 5.92. The van der Waals surface area contributed by atoms with Gasteiger partial charge in [0.25, 0.3) is 0 Å². The first kappa shape index (κ1) is 13.2. The molecule has 1 heterocycles. The van der Waals surface area contributed by atoms with Gasteiger partial charge >= 0.3 is 0 Å². The van der Waals surface area contributed by atoms with Gasteiger partial charge in [-0.2, -0.15) is 11.8 Å². The third kappa shape index (κ3) is 3.39. The summed E-state index contributed by atoms with van der Waals surface area (Å²) < 4.78 is 1.13. The van der Waals surface area contributed by atoms with E-state index < -0.39 is 0 Å². The fourth-order valence-corrected chi connectivity index (χ4v) is 3.70. The van der Waals surface area contributed by atoms with Crippen LogP contribution in [0.15, 0.2) is 22.7 Å². The van der Waals surface area contributed by atoms with Gasteiger partial charge in [-0.15, -0.1) is 0 Å². The van der Waals surface area contributed by atoms with Crippen molar-refractivity contribution in [1.29, 1.82) is 0 Å². The van der Waals surface area contributed by atoms with Gasteiger partial charge in [-0.1, -0.05) is 22.0 Å². The van der Waals surface area contributed by atoms with Gasteiger partial charge in [-0.3, -0.25) is 0 Å². The van der Waals surface area contributed by atoms with E-state index in [9.17, 15) is 0 Å². The van der Waals surface area contributed by atoms with Crippen LogP contribution in [0.3, 0.4) is 0 Å². The highest BCUT2D eigenvalue weighted by molar-refractivity contribution is 9.10. The summed E-state index contributed by atoms with van der Waals surface area (Å²) in [6.45, 7) is 4.33. The van der Waals surface area contributed by atoms with Gasteiger partial charge in [0.2, 0.25) is 0 Å². The number of thioether (sulfide) groups is 1. The van der Waals surface area contributed by atoms with Gasteiger partial charge in [0.1, 0.15) is 0 Å². The molecule has 2 N–H and O–H groups in total. The second-order valence-electron chi connectivity index (χ2n) is 4.45. The summed E-state index contributed by atoms with van der Waals surface area (Å²) in [5.74, 6) is 2.52. The van der Waals surface area contributed by atoms with Crippen LogP contribution in [0.4, 0.5) is 5.69 Å². The van der Waals surface area contributed by atoms with Crippen molar-refractivity contribution in [2.45, 2.75) is 19.4 Å². The van der Waals surface area contributed by atoms with Gasteiger partial charge in [0, 0.05) is 35.0 Å². The van der Waals surface area contributed by atoms with Gasteiger partial charge in [0.15, 0.2) is 0 Å². The minimum atomic E-state index is 0.0816. The topological polar surface area (TPSA) is 29.3 Å². The Morgan fingerprint density at radius 2 is 2.18 bits per heavy atom. The average Bonchev–Trinajstić information content (AvgIpc) is 2.56. The van der Waals surface area contributed by atoms with Crippen molar-refractivity contribution in [3.05, 3.63) is 28.2 Å². The number of benzene rings is 1. The second-order valence-corrected chi connectivity index (χ2v) is 6.53. The largest absolute Gasteiger partial charge is 0.371 e. The molecule has 1 aliphatic rings. The van der Waals surface area contributed by atoms with E-state index in [0.717, 1.165) is 17.6 Å². The molecular formula is C13H19BrN2S. The Hall–Kier alpha value is -0.190.